The Morgan fingerprint density at radius 1 is 1.73 bits per heavy atom. The van der Waals surface area contributed by atoms with Crippen LogP contribution in [-0.2, 0) is 13.0 Å². The van der Waals surface area contributed by atoms with Gasteiger partial charge in [-0.2, -0.15) is 0 Å². The molecule has 3 heteroatoms. The van der Waals surface area contributed by atoms with Crippen LogP contribution >= 0.6 is 0 Å². The quantitative estimate of drug-likeness (QED) is 0.697. The Hall–Kier alpha value is -0.830. The number of hydrogen-bond donors (Lipinski definition) is 1. The fraction of sp³-hybridized carbons (Fsp3) is 0.625. The standard InChI is InChI=1S/C8H15N3/c1-3-11-5-4-10-8(11)6-7(2)9/h4-5,7H,3,6,9H2,1-2H3. The second-order valence-electron chi connectivity index (χ2n) is 2.81. The summed E-state index contributed by atoms with van der Waals surface area (Å²) in [5.41, 5.74) is 5.65. The number of nitrogens with two attached hydrogens (primary N) is 1. The first-order valence-electron chi connectivity index (χ1n) is 3.99. The van der Waals surface area contributed by atoms with E-state index in [0.29, 0.717) is 0 Å². The normalized spacial score (nSPS) is 13.4. The Balaban J connectivity index is 2.68. The van der Waals surface area contributed by atoms with Gasteiger partial charge in [0.2, 0.25) is 0 Å². The van der Waals surface area contributed by atoms with Crippen molar-refractivity contribution < 1.29 is 0 Å². The molecule has 62 valence electrons. The molecule has 0 aliphatic rings. The Bertz CT molecular complexity index is 215. The van der Waals surface area contributed by atoms with E-state index >= 15 is 0 Å². The van der Waals surface area contributed by atoms with Gasteiger partial charge >= 0.3 is 0 Å². The summed E-state index contributed by atoms with van der Waals surface area (Å²) in [6.07, 6.45) is 4.67. The van der Waals surface area contributed by atoms with Gasteiger partial charge in [0.25, 0.3) is 0 Å². The molecule has 2 N–H and O–H groups in total. The Morgan fingerprint density at radius 3 is 3.00 bits per heavy atom. The van der Waals surface area contributed by atoms with Gasteiger partial charge in [0.05, 0.1) is 0 Å². The zero-order chi connectivity index (χ0) is 8.27. The summed E-state index contributed by atoms with van der Waals surface area (Å²) in [6, 6.07) is 0.197. The maximum atomic E-state index is 5.65. The van der Waals surface area contributed by atoms with E-state index in [1.165, 1.54) is 0 Å². The van der Waals surface area contributed by atoms with Crippen molar-refractivity contribution in [1.82, 2.24) is 9.55 Å². The number of aromatic nitrogens is 2. The van der Waals surface area contributed by atoms with Crippen molar-refractivity contribution in [2.45, 2.75) is 32.9 Å². The molecule has 11 heavy (non-hydrogen) atoms. The minimum atomic E-state index is 0.197. The van der Waals surface area contributed by atoms with Gasteiger partial charge in [0.1, 0.15) is 5.82 Å². The van der Waals surface area contributed by atoms with Crippen molar-refractivity contribution in [3.8, 4) is 0 Å². The molecular weight excluding hydrogens is 138 g/mol. The molecule has 0 aliphatic carbocycles. The topological polar surface area (TPSA) is 43.8 Å². The molecule has 0 aliphatic heterocycles. The molecule has 0 bridgehead atoms. The molecule has 1 atom stereocenters. The van der Waals surface area contributed by atoms with E-state index in [-0.39, 0.29) is 6.04 Å². The highest BCUT2D eigenvalue weighted by Gasteiger charge is 2.02. The van der Waals surface area contributed by atoms with Crippen molar-refractivity contribution in [2.75, 3.05) is 0 Å². The highest BCUT2D eigenvalue weighted by molar-refractivity contribution is 4.93. The van der Waals surface area contributed by atoms with Gasteiger partial charge in [-0.1, -0.05) is 0 Å². The molecule has 3 nitrogen and oxygen atoms in total. The third kappa shape index (κ3) is 2.05. The van der Waals surface area contributed by atoms with Crippen LogP contribution in [0.3, 0.4) is 0 Å². The second-order valence-corrected chi connectivity index (χ2v) is 2.81. The van der Waals surface area contributed by atoms with Gasteiger partial charge in [0, 0.05) is 31.4 Å². The maximum Gasteiger partial charge on any atom is 0.110 e. The van der Waals surface area contributed by atoms with Crippen LogP contribution < -0.4 is 5.73 Å². The van der Waals surface area contributed by atoms with Crippen LogP contribution in [0.15, 0.2) is 12.4 Å². The molecular formula is C8H15N3. The SMILES string of the molecule is CCn1ccnc1CC(C)N. The Morgan fingerprint density at radius 2 is 2.45 bits per heavy atom. The van der Waals surface area contributed by atoms with Crippen LogP contribution in [0.25, 0.3) is 0 Å². The van der Waals surface area contributed by atoms with Crippen molar-refractivity contribution in [3.63, 3.8) is 0 Å². The number of imidazole rings is 1. The van der Waals surface area contributed by atoms with Gasteiger partial charge in [-0.3, -0.25) is 0 Å². The summed E-state index contributed by atoms with van der Waals surface area (Å²) in [5, 5.41) is 0. The largest absolute Gasteiger partial charge is 0.335 e. The van der Waals surface area contributed by atoms with Crippen LogP contribution in [0.1, 0.15) is 19.7 Å². The van der Waals surface area contributed by atoms with E-state index < -0.39 is 0 Å². The first-order chi connectivity index (χ1) is 5.24. The van der Waals surface area contributed by atoms with Crippen molar-refractivity contribution >= 4 is 0 Å². The van der Waals surface area contributed by atoms with Crippen LogP contribution in [0, 0.1) is 0 Å². The predicted octanol–water partition coefficient (Wildman–Crippen LogP) is 0.793. The lowest BCUT2D eigenvalue weighted by molar-refractivity contribution is 0.637. The lowest BCUT2D eigenvalue weighted by Crippen LogP contribution is -2.20. The molecule has 1 heterocycles. The molecule has 1 unspecified atom stereocenters. The fourth-order valence-corrected chi connectivity index (χ4v) is 1.11. The summed E-state index contributed by atoms with van der Waals surface area (Å²) in [4.78, 5) is 4.21. The molecule has 1 rings (SSSR count). The first kappa shape index (κ1) is 8.27. The Kier molecular flexibility index (Phi) is 2.65. The van der Waals surface area contributed by atoms with Crippen molar-refractivity contribution in [1.29, 1.82) is 0 Å². The van der Waals surface area contributed by atoms with E-state index in [9.17, 15) is 0 Å². The average molecular weight is 153 g/mol. The van der Waals surface area contributed by atoms with Crippen LogP contribution in [-0.4, -0.2) is 15.6 Å². The van der Waals surface area contributed by atoms with Gasteiger partial charge in [-0.05, 0) is 13.8 Å². The average Bonchev–Trinajstić information content (AvgIpc) is 2.34. The minimum Gasteiger partial charge on any atom is -0.335 e. The zero-order valence-corrected chi connectivity index (χ0v) is 7.12. The van der Waals surface area contributed by atoms with E-state index in [4.69, 9.17) is 5.73 Å². The molecule has 0 radical (unpaired) electrons. The summed E-state index contributed by atoms with van der Waals surface area (Å²) in [6.45, 7) is 5.07. The molecule has 0 saturated carbocycles. The van der Waals surface area contributed by atoms with Crippen molar-refractivity contribution in [3.05, 3.63) is 18.2 Å². The highest BCUT2D eigenvalue weighted by atomic mass is 15.1. The number of aryl methyl sites for hydroxylation is 1. The summed E-state index contributed by atoms with van der Waals surface area (Å²) >= 11 is 0. The van der Waals surface area contributed by atoms with Gasteiger partial charge < -0.3 is 10.3 Å². The zero-order valence-electron chi connectivity index (χ0n) is 7.12. The van der Waals surface area contributed by atoms with Crippen LogP contribution in [0.4, 0.5) is 0 Å². The molecule has 0 spiro atoms. The monoisotopic (exact) mass is 153 g/mol. The fourth-order valence-electron chi connectivity index (χ4n) is 1.11. The van der Waals surface area contributed by atoms with Gasteiger partial charge in [-0.15, -0.1) is 0 Å². The van der Waals surface area contributed by atoms with E-state index in [1.807, 2.05) is 19.3 Å². The summed E-state index contributed by atoms with van der Waals surface area (Å²) in [5.74, 6) is 1.09. The van der Waals surface area contributed by atoms with E-state index in [1.54, 1.807) is 0 Å². The second kappa shape index (κ2) is 3.53. The molecule has 1 aromatic rings. The Labute approximate surface area is 67.2 Å². The molecule has 0 aromatic carbocycles. The number of rotatable bonds is 3. The van der Waals surface area contributed by atoms with Gasteiger partial charge in [-0.25, -0.2) is 4.98 Å². The molecule has 0 saturated heterocycles. The van der Waals surface area contributed by atoms with Crippen LogP contribution in [0.5, 0.6) is 0 Å². The minimum absolute atomic E-state index is 0.197. The molecule has 0 fully saturated rings. The highest BCUT2D eigenvalue weighted by Crippen LogP contribution is 1.99. The summed E-state index contributed by atoms with van der Waals surface area (Å²) in [7, 11) is 0. The first-order valence-corrected chi connectivity index (χ1v) is 3.99. The van der Waals surface area contributed by atoms with Gasteiger partial charge in [0.15, 0.2) is 0 Å². The number of nitrogens with zero attached hydrogens (tertiary/aromatic N) is 2. The lowest BCUT2D eigenvalue weighted by Gasteiger charge is -2.06. The predicted molar refractivity (Wildman–Crippen MR) is 45.3 cm³/mol. The smallest absolute Gasteiger partial charge is 0.110 e. The third-order valence-electron chi connectivity index (χ3n) is 1.65. The lowest BCUT2D eigenvalue weighted by atomic mass is 10.2. The maximum absolute atomic E-state index is 5.65. The summed E-state index contributed by atoms with van der Waals surface area (Å²) < 4.78 is 2.11. The van der Waals surface area contributed by atoms with E-state index in [0.717, 1.165) is 18.8 Å². The third-order valence-corrected chi connectivity index (χ3v) is 1.65. The van der Waals surface area contributed by atoms with E-state index in [2.05, 4.69) is 16.5 Å². The molecule has 1 aromatic heterocycles. The van der Waals surface area contributed by atoms with Crippen molar-refractivity contribution in [2.24, 2.45) is 5.73 Å². The number of hydrogen-bond acceptors (Lipinski definition) is 2. The van der Waals surface area contributed by atoms with Crippen LogP contribution in [0.2, 0.25) is 0 Å². The molecule has 0 amide bonds.